The second-order valence-corrected chi connectivity index (χ2v) is 4.11. The zero-order valence-electron chi connectivity index (χ0n) is 8.63. The van der Waals surface area contributed by atoms with Gasteiger partial charge in [0, 0.05) is 11.1 Å². The Morgan fingerprint density at radius 2 is 2.07 bits per heavy atom. The van der Waals surface area contributed by atoms with Gasteiger partial charge in [-0.05, 0) is 31.9 Å². The Morgan fingerprint density at radius 1 is 1.43 bits per heavy atom. The Kier molecular flexibility index (Phi) is 4.18. The van der Waals surface area contributed by atoms with E-state index in [9.17, 15) is 0 Å². The van der Waals surface area contributed by atoms with Crippen LogP contribution in [0.3, 0.4) is 0 Å². The van der Waals surface area contributed by atoms with Gasteiger partial charge in [0.05, 0.1) is 0 Å². The Bertz CT molecular complexity index is 327. The van der Waals surface area contributed by atoms with E-state index in [-0.39, 0.29) is 6.04 Å². The predicted molar refractivity (Wildman–Crippen MR) is 62.6 cm³/mol. The molecular weight excluding hydrogens is 194 g/mol. The molecule has 2 heteroatoms. The fourth-order valence-electron chi connectivity index (χ4n) is 1.40. The Balaban J connectivity index is 2.70. The molecule has 1 rings (SSSR count). The number of hydrogen-bond donors (Lipinski definition) is 1. The van der Waals surface area contributed by atoms with E-state index in [0.717, 1.165) is 17.0 Å². The molecule has 76 valence electrons. The van der Waals surface area contributed by atoms with Gasteiger partial charge in [-0.3, -0.25) is 0 Å². The normalized spacial score (nSPS) is 12.3. The summed E-state index contributed by atoms with van der Waals surface area (Å²) in [5, 5.41) is 0.796. The monoisotopic (exact) mass is 209 g/mol. The largest absolute Gasteiger partial charge is 0.324 e. The predicted octanol–water partition coefficient (Wildman–Crippen LogP) is 3.18. The summed E-state index contributed by atoms with van der Waals surface area (Å²) >= 11 is 6.03. The van der Waals surface area contributed by atoms with E-state index in [1.807, 2.05) is 38.1 Å². The van der Waals surface area contributed by atoms with Gasteiger partial charge in [0.25, 0.3) is 0 Å². The lowest BCUT2D eigenvalue weighted by Gasteiger charge is -2.08. The molecule has 0 spiro atoms. The van der Waals surface area contributed by atoms with Crippen molar-refractivity contribution >= 4 is 11.6 Å². The minimum absolute atomic E-state index is 0.0555. The van der Waals surface area contributed by atoms with Gasteiger partial charge in [0.1, 0.15) is 0 Å². The average molecular weight is 210 g/mol. The molecule has 0 aliphatic carbocycles. The van der Waals surface area contributed by atoms with Crippen LogP contribution < -0.4 is 5.73 Å². The summed E-state index contributed by atoms with van der Waals surface area (Å²) < 4.78 is 0. The topological polar surface area (TPSA) is 26.0 Å². The SMILES string of the molecule is CC(C)=CC(N)Cc1ccccc1Cl. The van der Waals surface area contributed by atoms with Crippen molar-refractivity contribution in [2.75, 3.05) is 0 Å². The fraction of sp³-hybridized carbons (Fsp3) is 0.333. The van der Waals surface area contributed by atoms with Gasteiger partial charge in [-0.15, -0.1) is 0 Å². The second kappa shape index (κ2) is 5.18. The first-order valence-electron chi connectivity index (χ1n) is 4.73. The minimum atomic E-state index is 0.0555. The lowest BCUT2D eigenvalue weighted by molar-refractivity contribution is 0.803. The van der Waals surface area contributed by atoms with Crippen LogP contribution in [-0.4, -0.2) is 6.04 Å². The third-order valence-corrected chi connectivity index (χ3v) is 2.33. The summed E-state index contributed by atoms with van der Waals surface area (Å²) in [6.45, 7) is 4.10. The van der Waals surface area contributed by atoms with Crippen LogP contribution in [-0.2, 0) is 6.42 Å². The van der Waals surface area contributed by atoms with E-state index in [4.69, 9.17) is 17.3 Å². The summed E-state index contributed by atoms with van der Waals surface area (Å²) in [5.41, 5.74) is 8.29. The van der Waals surface area contributed by atoms with Crippen LogP contribution in [0.2, 0.25) is 5.02 Å². The summed E-state index contributed by atoms with van der Waals surface area (Å²) in [4.78, 5) is 0. The maximum atomic E-state index is 6.03. The molecule has 14 heavy (non-hydrogen) atoms. The molecular formula is C12H16ClN. The van der Waals surface area contributed by atoms with Gasteiger partial charge < -0.3 is 5.73 Å². The van der Waals surface area contributed by atoms with Crippen LogP contribution in [0.15, 0.2) is 35.9 Å². The van der Waals surface area contributed by atoms with Crippen LogP contribution in [0.4, 0.5) is 0 Å². The van der Waals surface area contributed by atoms with E-state index in [0.29, 0.717) is 0 Å². The van der Waals surface area contributed by atoms with Gasteiger partial charge >= 0.3 is 0 Å². The van der Waals surface area contributed by atoms with E-state index in [1.54, 1.807) is 0 Å². The van der Waals surface area contributed by atoms with Gasteiger partial charge in [-0.25, -0.2) is 0 Å². The molecule has 0 aliphatic rings. The van der Waals surface area contributed by atoms with Crippen LogP contribution in [0.1, 0.15) is 19.4 Å². The second-order valence-electron chi connectivity index (χ2n) is 3.70. The molecule has 0 saturated heterocycles. The molecule has 2 N–H and O–H groups in total. The van der Waals surface area contributed by atoms with Crippen LogP contribution in [0.25, 0.3) is 0 Å². The van der Waals surface area contributed by atoms with Crippen molar-refractivity contribution in [1.29, 1.82) is 0 Å². The first-order chi connectivity index (χ1) is 6.59. The molecule has 1 aromatic rings. The molecule has 1 aromatic carbocycles. The van der Waals surface area contributed by atoms with E-state index < -0.39 is 0 Å². The molecule has 0 radical (unpaired) electrons. The smallest absolute Gasteiger partial charge is 0.0438 e. The van der Waals surface area contributed by atoms with Gasteiger partial charge in [-0.1, -0.05) is 41.4 Å². The lowest BCUT2D eigenvalue weighted by Crippen LogP contribution is -2.20. The molecule has 0 heterocycles. The third kappa shape index (κ3) is 3.52. The number of hydrogen-bond acceptors (Lipinski definition) is 1. The number of halogens is 1. The van der Waals surface area contributed by atoms with E-state index >= 15 is 0 Å². The number of benzene rings is 1. The number of nitrogens with two attached hydrogens (primary N) is 1. The quantitative estimate of drug-likeness (QED) is 0.761. The molecule has 0 bridgehead atoms. The highest BCUT2D eigenvalue weighted by molar-refractivity contribution is 6.31. The van der Waals surface area contributed by atoms with Gasteiger partial charge in [-0.2, -0.15) is 0 Å². The molecule has 1 unspecified atom stereocenters. The summed E-state index contributed by atoms with van der Waals surface area (Å²) in [6, 6.07) is 7.88. The number of allylic oxidation sites excluding steroid dienone is 1. The fourth-order valence-corrected chi connectivity index (χ4v) is 1.62. The summed E-state index contributed by atoms with van der Waals surface area (Å²) in [5.74, 6) is 0. The van der Waals surface area contributed by atoms with E-state index in [1.165, 1.54) is 5.57 Å². The zero-order chi connectivity index (χ0) is 10.6. The third-order valence-electron chi connectivity index (χ3n) is 1.96. The Labute approximate surface area is 90.6 Å². The average Bonchev–Trinajstić information content (AvgIpc) is 2.07. The number of rotatable bonds is 3. The van der Waals surface area contributed by atoms with Crippen molar-refractivity contribution in [3.05, 3.63) is 46.5 Å². The molecule has 1 atom stereocenters. The van der Waals surface area contributed by atoms with E-state index in [2.05, 4.69) is 6.08 Å². The Morgan fingerprint density at radius 3 is 2.64 bits per heavy atom. The zero-order valence-corrected chi connectivity index (χ0v) is 9.38. The molecule has 1 nitrogen and oxygen atoms in total. The summed E-state index contributed by atoms with van der Waals surface area (Å²) in [7, 11) is 0. The minimum Gasteiger partial charge on any atom is -0.324 e. The van der Waals surface area contributed by atoms with Crippen molar-refractivity contribution in [1.82, 2.24) is 0 Å². The van der Waals surface area contributed by atoms with Crippen LogP contribution in [0.5, 0.6) is 0 Å². The Hall–Kier alpha value is -0.790. The molecule has 0 amide bonds. The highest BCUT2D eigenvalue weighted by Crippen LogP contribution is 2.16. The molecule has 0 aromatic heterocycles. The van der Waals surface area contributed by atoms with Crippen molar-refractivity contribution in [3.8, 4) is 0 Å². The first-order valence-corrected chi connectivity index (χ1v) is 5.11. The maximum absolute atomic E-state index is 6.03. The standard InChI is InChI=1S/C12H16ClN/c1-9(2)7-11(14)8-10-5-3-4-6-12(10)13/h3-7,11H,8,14H2,1-2H3. The summed E-state index contributed by atoms with van der Waals surface area (Å²) in [6.07, 6.45) is 2.86. The maximum Gasteiger partial charge on any atom is 0.0438 e. The van der Waals surface area contributed by atoms with Crippen molar-refractivity contribution in [3.63, 3.8) is 0 Å². The van der Waals surface area contributed by atoms with Crippen LogP contribution >= 0.6 is 11.6 Å². The first kappa shape index (κ1) is 11.3. The van der Waals surface area contributed by atoms with Crippen molar-refractivity contribution in [2.24, 2.45) is 5.73 Å². The molecule has 0 fully saturated rings. The van der Waals surface area contributed by atoms with Crippen molar-refractivity contribution < 1.29 is 0 Å². The molecule has 0 saturated carbocycles. The van der Waals surface area contributed by atoms with Crippen LogP contribution in [0, 0.1) is 0 Å². The molecule has 0 aliphatic heterocycles. The van der Waals surface area contributed by atoms with Crippen molar-refractivity contribution in [2.45, 2.75) is 26.3 Å². The highest BCUT2D eigenvalue weighted by Gasteiger charge is 2.03. The van der Waals surface area contributed by atoms with Gasteiger partial charge in [0.15, 0.2) is 0 Å². The lowest BCUT2D eigenvalue weighted by atomic mass is 10.0. The highest BCUT2D eigenvalue weighted by atomic mass is 35.5. The van der Waals surface area contributed by atoms with Gasteiger partial charge in [0.2, 0.25) is 0 Å².